The molecule has 1 spiro atoms. The minimum absolute atomic E-state index is 0.101. The summed E-state index contributed by atoms with van der Waals surface area (Å²) in [4.78, 5) is 12.7. The van der Waals surface area contributed by atoms with Gasteiger partial charge in [-0.15, -0.1) is 0 Å². The van der Waals surface area contributed by atoms with Crippen LogP contribution in [0.25, 0.3) is 6.08 Å². The van der Waals surface area contributed by atoms with E-state index in [1.807, 2.05) is 31.3 Å². The van der Waals surface area contributed by atoms with E-state index in [4.69, 9.17) is 16.3 Å². The summed E-state index contributed by atoms with van der Waals surface area (Å²) in [6.45, 7) is 4.27. The molecule has 4 rings (SSSR count). The molecule has 1 unspecified atom stereocenters. The number of benzene rings is 2. The van der Waals surface area contributed by atoms with Crippen LogP contribution in [0.5, 0.6) is 5.75 Å². The molecular weight excluding hydrogens is 340 g/mol. The standard InChI is InChI=1S/C19H17ClN2O3/c1-18(2)13-6-4-5-7-14(13)21(3)19(18)11-10-12-16(25-19)9-8-15(17(12)20)22(23)24/h4-11H,1-3H3. The van der Waals surface area contributed by atoms with E-state index in [0.717, 1.165) is 5.69 Å². The summed E-state index contributed by atoms with van der Waals surface area (Å²) in [7, 11) is 2.00. The van der Waals surface area contributed by atoms with Gasteiger partial charge >= 0.3 is 0 Å². The number of anilines is 1. The van der Waals surface area contributed by atoms with Gasteiger partial charge in [0.1, 0.15) is 10.8 Å². The summed E-state index contributed by atoms with van der Waals surface area (Å²) in [5.74, 6) is 0.547. The van der Waals surface area contributed by atoms with Gasteiger partial charge in [-0.3, -0.25) is 10.1 Å². The number of halogens is 1. The van der Waals surface area contributed by atoms with Crippen LogP contribution in [-0.2, 0) is 5.41 Å². The van der Waals surface area contributed by atoms with Gasteiger partial charge in [0, 0.05) is 24.4 Å². The number of likely N-dealkylation sites (N-methyl/N-ethyl adjacent to an activating group) is 1. The zero-order valence-corrected chi connectivity index (χ0v) is 14.9. The number of hydrogen-bond donors (Lipinski definition) is 0. The van der Waals surface area contributed by atoms with Crippen molar-refractivity contribution in [1.82, 2.24) is 0 Å². The highest BCUT2D eigenvalue weighted by atomic mass is 35.5. The van der Waals surface area contributed by atoms with Crippen LogP contribution in [0.4, 0.5) is 11.4 Å². The van der Waals surface area contributed by atoms with Crippen LogP contribution in [0.2, 0.25) is 5.02 Å². The van der Waals surface area contributed by atoms with Crippen molar-refractivity contribution in [3.63, 3.8) is 0 Å². The maximum atomic E-state index is 11.1. The average molecular weight is 357 g/mol. The second kappa shape index (κ2) is 4.99. The number of nitrogens with zero attached hydrogens (tertiary/aromatic N) is 2. The Morgan fingerprint density at radius 1 is 1.20 bits per heavy atom. The Labute approximate surface area is 150 Å². The fraction of sp³-hybridized carbons (Fsp3) is 0.263. The van der Waals surface area contributed by atoms with E-state index in [-0.39, 0.29) is 16.1 Å². The second-order valence-corrected chi connectivity index (χ2v) is 7.28. The van der Waals surface area contributed by atoms with Crippen LogP contribution in [0.3, 0.4) is 0 Å². The van der Waals surface area contributed by atoms with Gasteiger partial charge in [-0.05, 0) is 43.7 Å². The third kappa shape index (κ3) is 1.90. The highest BCUT2D eigenvalue weighted by Gasteiger charge is 2.57. The van der Waals surface area contributed by atoms with E-state index in [2.05, 4.69) is 30.9 Å². The van der Waals surface area contributed by atoms with Gasteiger partial charge in [0.05, 0.1) is 10.3 Å². The lowest BCUT2D eigenvalue weighted by Gasteiger charge is -2.45. The smallest absolute Gasteiger partial charge is 0.288 e. The van der Waals surface area contributed by atoms with Gasteiger partial charge in [0.15, 0.2) is 0 Å². The summed E-state index contributed by atoms with van der Waals surface area (Å²) >= 11 is 6.23. The fourth-order valence-electron chi connectivity index (χ4n) is 3.95. The van der Waals surface area contributed by atoms with Gasteiger partial charge in [-0.1, -0.05) is 29.8 Å². The third-order valence-corrected chi connectivity index (χ3v) is 5.79. The molecule has 5 nitrogen and oxygen atoms in total. The Morgan fingerprint density at radius 3 is 2.60 bits per heavy atom. The molecule has 2 heterocycles. The molecule has 2 aliphatic heterocycles. The molecule has 0 aliphatic carbocycles. The first kappa shape index (κ1) is 16.0. The lowest BCUT2D eigenvalue weighted by Crippen LogP contribution is -2.58. The Kier molecular flexibility index (Phi) is 3.19. The lowest BCUT2D eigenvalue weighted by molar-refractivity contribution is -0.384. The molecule has 128 valence electrons. The predicted octanol–water partition coefficient (Wildman–Crippen LogP) is 4.78. The van der Waals surface area contributed by atoms with Crippen molar-refractivity contribution in [1.29, 1.82) is 0 Å². The Bertz CT molecular complexity index is 938. The first-order valence-corrected chi connectivity index (χ1v) is 8.36. The fourth-order valence-corrected chi connectivity index (χ4v) is 4.24. The van der Waals surface area contributed by atoms with Crippen LogP contribution < -0.4 is 9.64 Å². The minimum atomic E-state index is -0.719. The SMILES string of the molecule is CN1c2ccccc2C(C)(C)C12C=Cc1c(ccc([N+](=O)[O-])c1Cl)O2. The van der Waals surface area contributed by atoms with Crippen LogP contribution in [0.1, 0.15) is 25.0 Å². The number of hydrogen-bond acceptors (Lipinski definition) is 4. The van der Waals surface area contributed by atoms with Crippen LogP contribution in [0, 0.1) is 10.1 Å². The summed E-state index contributed by atoms with van der Waals surface area (Å²) in [6, 6.07) is 11.2. The van der Waals surface area contributed by atoms with E-state index >= 15 is 0 Å². The van der Waals surface area contributed by atoms with Gasteiger partial charge in [0.2, 0.25) is 5.72 Å². The lowest BCUT2D eigenvalue weighted by atomic mass is 9.76. The van der Waals surface area contributed by atoms with E-state index in [0.29, 0.717) is 11.3 Å². The highest BCUT2D eigenvalue weighted by molar-refractivity contribution is 6.34. The Morgan fingerprint density at radius 2 is 1.92 bits per heavy atom. The quantitative estimate of drug-likeness (QED) is 0.545. The van der Waals surface area contributed by atoms with Crippen molar-refractivity contribution in [3.8, 4) is 5.75 Å². The highest BCUT2D eigenvalue weighted by Crippen LogP contribution is 2.55. The van der Waals surface area contributed by atoms with Crippen molar-refractivity contribution >= 4 is 29.1 Å². The Balaban J connectivity index is 1.88. The predicted molar refractivity (Wildman–Crippen MR) is 98.4 cm³/mol. The summed E-state index contributed by atoms with van der Waals surface area (Å²) in [6.07, 6.45) is 3.78. The van der Waals surface area contributed by atoms with Gasteiger partial charge in [-0.25, -0.2) is 0 Å². The first-order valence-electron chi connectivity index (χ1n) is 7.98. The third-order valence-electron chi connectivity index (χ3n) is 5.39. The molecule has 0 amide bonds. The zero-order valence-electron chi connectivity index (χ0n) is 14.1. The molecular formula is C19H17ClN2O3. The van der Waals surface area contributed by atoms with E-state index < -0.39 is 10.6 Å². The van der Waals surface area contributed by atoms with Crippen molar-refractivity contribution < 1.29 is 9.66 Å². The van der Waals surface area contributed by atoms with Gasteiger partial charge in [-0.2, -0.15) is 0 Å². The molecule has 1 atom stereocenters. The number of para-hydroxylation sites is 1. The van der Waals surface area contributed by atoms with E-state index in [1.54, 1.807) is 6.07 Å². The van der Waals surface area contributed by atoms with E-state index in [1.165, 1.54) is 11.6 Å². The molecule has 0 fully saturated rings. The topological polar surface area (TPSA) is 55.6 Å². The normalized spacial score (nSPS) is 22.5. The molecule has 0 aromatic heterocycles. The molecule has 0 saturated carbocycles. The largest absolute Gasteiger partial charge is 0.463 e. The van der Waals surface area contributed by atoms with Crippen LogP contribution >= 0.6 is 11.6 Å². The molecule has 0 bridgehead atoms. The summed E-state index contributed by atoms with van der Waals surface area (Å²) in [5.41, 5.74) is 1.69. The molecule has 0 saturated heterocycles. The zero-order chi connectivity index (χ0) is 18.0. The molecule has 2 aromatic carbocycles. The first-order chi connectivity index (χ1) is 11.8. The number of nitro groups is 1. The van der Waals surface area contributed by atoms with Crippen LogP contribution in [0.15, 0.2) is 42.5 Å². The molecule has 0 N–H and O–H groups in total. The van der Waals surface area contributed by atoms with Gasteiger partial charge < -0.3 is 9.64 Å². The molecule has 2 aromatic rings. The maximum absolute atomic E-state index is 11.1. The molecule has 2 aliphatic rings. The number of ether oxygens (including phenoxy) is 1. The van der Waals surface area contributed by atoms with Crippen LogP contribution in [-0.4, -0.2) is 17.7 Å². The maximum Gasteiger partial charge on any atom is 0.288 e. The average Bonchev–Trinajstić information content (AvgIpc) is 2.74. The molecule has 0 radical (unpaired) electrons. The monoisotopic (exact) mass is 356 g/mol. The minimum Gasteiger partial charge on any atom is -0.463 e. The molecule has 25 heavy (non-hydrogen) atoms. The van der Waals surface area contributed by atoms with Crippen molar-refractivity contribution in [2.75, 3.05) is 11.9 Å². The summed E-state index contributed by atoms with van der Waals surface area (Å²) < 4.78 is 6.44. The number of fused-ring (bicyclic) bond motifs is 2. The second-order valence-electron chi connectivity index (χ2n) is 6.90. The van der Waals surface area contributed by atoms with Crippen molar-refractivity contribution in [3.05, 3.63) is 68.7 Å². The van der Waals surface area contributed by atoms with Gasteiger partial charge in [0.25, 0.3) is 5.69 Å². The molecule has 6 heteroatoms. The number of nitro benzene ring substituents is 1. The van der Waals surface area contributed by atoms with E-state index in [9.17, 15) is 10.1 Å². The Hall–Kier alpha value is -2.53. The summed E-state index contributed by atoms with van der Waals surface area (Å²) in [5, 5.41) is 11.2. The van der Waals surface area contributed by atoms with Crippen molar-refractivity contribution in [2.45, 2.75) is 25.0 Å². The number of rotatable bonds is 1. The van der Waals surface area contributed by atoms with Crippen molar-refractivity contribution in [2.24, 2.45) is 0 Å².